The molecule has 11 heteroatoms. The van der Waals surface area contributed by atoms with E-state index in [4.69, 9.17) is 11.6 Å². The van der Waals surface area contributed by atoms with Gasteiger partial charge in [-0.15, -0.1) is 10.2 Å². The Balaban J connectivity index is 1.96. The molecule has 0 aliphatic carbocycles. The largest absolute Gasteiger partial charge is 0.320 e. The number of carbonyl (C=O) groups excluding carboxylic acids is 1. The summed E-state index contributed by atoms with van der Waals surface area (Å²) in [7, 11) is 0. The fourth-order valence-corrected chi connectivity index (χ4v) is 4.41. The Kier molecular flexibility index (Phi) is 6.63. The number of hydrogen-bond acceptors (Lipinski definition) is 8. The molecule has 0 fully saturated rings. The third-order valence-electron chi connectivity index (χ3n) is 2.41. The molecule has 7 nitrogen and oxygen atoms in total. The summed E-state index contributed by atoms with van der Waals surface area (Å²) in [4.78, 5) is 22.3. The third kappa shape index (κ3) is 5.34. The number of halogens is 1. The van der Waals surface area contributed by atoms with Crippen LogP contribution in [0.2, 0.25) is 5.02 Å². The molecule has 1 heterocycles. The Morgan fingerprint density at radius 3 is 2.74 bits per heavy atom. The van der Waals surface area contributed by atoms with Gasteiger partial charge in [-0.05, 0) is 17.9 Å². The molecule has 2 aromatic rings. The van der Waals surface area contributed by atoms with Crippen molar-refractivity contribution >= 4 is 63.7 Å². The maximum atomic E-state index is 12.0. The normalized spacial score (nSPS) is 10.5. The molecule has 0 aliphatic rings. The standard InChI is InChI=1S/C12H11ClN4O3S3/c1-2-21-11-15-16-12(23-11)22-6-10(18)14-8-5-7(13)3-4-9(8)17(19)20/h3-5H,2,6H2,1H3,(H,14,18). The van der Waals surface area contributed by atoms with Gasteiger partial charge in [0, 0.05) is 11.1 Å². The number of nitro groups is 1. The summed E-state index contributed by atoms with van der Waals surface area (Å²) in [6.07, 6.45) is 0. The molecule has 23 heavy (non-hydrogen) atoms. The third-order valence-corrected chi connectivity index (χ3v) is 5.72. The number of nitrogens with one attached hydrogen (secondary N) is 1. The summed E-state index contributed by atoms with van der Waals surface area (Å²) in [5.41, 5.74) is -0.127. The Labute approximate surface area is 149 Å². The first-order valence-electron chi connectivity index (χ1n) is 6.32. The van der Waals surface area contributed by atoms with Gasteiger partial charge in [0.25, 0.3) is 5.69 Å². The van der Waals surface area contributed by atoms with Gasteiger partial charge in [0.1, 0.15) is 5.69 Å². The highest BCUT2D eigenvalue weighted by molar-refractivity contribution is 8.03. The molecule has 2 rings (SSSR count). The molecular weight excluding hydrogens is 380 g/mol. The van der Waals surface area contributed by atoms with Gasteiger partial charge in [0.15, 0.2) is 8.68 Å². The van der Waals surface area contributed by atoms with E-state index >= 15 is 0 Å². The second-order valence-electron chi connectivity index (χ2n) is 4.02. The van der Waals surface area contributed by atoms with Gasteiger partial charge in [-0.25, -0.2) is 0 Å². The number of anilines is 1. The summed E-state index contributed by atoms with van der Waals surface area (Å²) in [6, 6.07) is 4.01. The highest BCUT2D eigenvalue weighted by Crippen LogP contribution is 2.30. The lowest BCUT2D eigenvalue weighted by Crippen LogP contribution is -2.15. The maximum absolute atomic E-state index is 12.0. The fourth-order valence-electron chi connectivity index (χ4n) is 1.52. The van der Waals surface area contributed by atoms with Crippen LogP contribution in [0.25, 0.3) is 0 Å². The summed E-state index contributed by atoms with van der Waals surface area (Å²) in [5, 5.41) is 21.7. The molecule has 122 valence electrons. The first-order chi connectivity index (χ1) is 11.0. The van der Waals surface area contributed by atoms with Gasteiger partial charge in [0.05, 0.1) is 10.7 Å². The van der Waals surface area contributed by atoms with Crippen molar-refractivity contribution < 1.29 is 9.72 Å². The molecule has 1 aromatic heterocycles. The van der Waals surface area contributed by atoms with Gasteiger partial charge >= 0.3 is 0 Å². The lowest BCUT2D eigenvalue weighted by Gasteiger charge is -2.05. The second-order valence-corrected chi connectivity index (χ2v) is 8.17. The predicted octanol–water partition coefficient (Wildman–Crippen LogP) is 3.94. The van der Waals surface area contributed by atoms with Crippen molar-refractivity contribution in [1.29, 1.82) is 0 Å². The van der Waals surface area contributed by atoms with E-state index in [0.717, 1.165) is 10.1 Å². The monoisotopic (exact) mass is 390 g/mol. The summed E-state index contributed by atoms with van der Waals surface area (Å²) in [6.45, 7) is 2.02. The SMILES string of the molecule is CCSc1nnc(SCC(=O)Nc2cc(Cl)ccc2[N+](=O)[O-])s1. The molecule has 0 atom stereocenters. The lowest BCUT2D eigenvalue weighted by atomic mass is 10.2. The van der Waals surface area contributed by atoms with Crippen LogP contribution in [-0.4, -0.2) is 32.5 Å². The quantitative estimate of drug-likeness (QED) is 0.434. The average Bonchev–Trinajstić information content (AvgIpc) is 2.93. The van der Waals surface area contributed by atoms with Crippen LogP contribution in [0.1, 0.15) is 6.92 Å². The van der Waals surface area contributed by atoms with E-state index in [2.05, 4.69) is 15.5 Å². The molecule has 0 saturated heterocycles. The smallest absolute Gasteiger partial charge is 0.292 e. The van der Waals surface area contributed by atoms with Gasteiger partial charge in [-0.1, -0.05) is 53.4 Å². The number of rotatable bonds is 7. The van der Waals surface area contributed by atoms with E-state index < -0.39 is 4.92 Å². The van der Waals surface area contributed by atoms with Crippen LogP contribution in [0.4, 0.5) is 11.4 Å². The van der Waals surface area contributed by atoms with E-state index in [0.29, 0.717) is 9.36 Å². The molecule has 0 unspecified atom stereocenters. The molecule has 1 amide bonds. The molecule has 0 aliphatic heterocycles. The number of benzene rings is 1. The Hall–Kier alpha value is -1.36. The topological polar surface area (TPSA) is 98.0 Å². The van der Waals surface area contributed by atoms with Crippen molar-refractivity contribution in [3.05, 3.63) is 33.3 Å². The summed E-state index contributed by atoms with van der Waals surface area (Å²) < 4.78 is 1.53. The van der Waals surface area contributed by atoms with Crippen molar-refractivity contribution in [2.24, 2.45) is 0 Å². The second kappa shape index (κ2) is 8.48. The predicted molar refractivity (Wildman–Crippen MR) is 93.8 cm³/mol. The molecule has 0 bridgehead atoms. The molecule has 0 spiro atoms. The Morgan fingerprint density at radius 1 is 1.39 bits per heavy atom. The van der Waals surface area contributed by atoms with Crippen LogP contribution < -0.4 is 5.32 Å². The van der Waals surface area contributed by atoms with Crippen LogP contribution in [0.5, 0.6) is 0 Å². The van der Waals surface area contributed by atoms with Crippen LogP contribution >= 0.6 is 46.5 Å². The van der Waals surface area contributed by atoms with Crippen LogP contribution in [-0.2, 0) is 4.79 Å². The van der Waals surface area contributed by atoms with Crippen molar-refractivity contribution in [1.82, 2.24) is 10.2 Å². The number of hydrogen-bond donors (Lipinski definition) is 1. The first-order valence-corrected chi connectivity index (χ1v) is 9.49. The summed E-state index contributed by atoms with van der Waals surface area (Å²) in [5.74, 6) is 0.605. The van der Waals surface area contributed by atoms with E-state index in [-0.39, 0.29) is 23.0 Å². The number of thioether (sulfide) groups is 2. The maximum Gasteiger partial charge on any atom is 0.292 e. The zero-order chi connectivity index (χ0) is 16.8. The molecule has 0 radical (unpaired) electrons. The van der Waals surface area contributed by atoms with Gasteiger partial charge in [-0.3, -0.25) is 14.9 Å². The lowest BCUT2D eigenvalue weighted by molar-refractivity contribution is -0.383. The van der Waals surface area contributed by atoms with Crippen LogP contribution in [0.15, 0.2) is 26.9 Å². The highest BCUT2D eigenvalue weighted by atomic mass is 35.5. The average molecular weight is 391 g/mol. The number of amides is 1. The van der Waals surface area contributed by atoms with Crippen molar-refractivity contribution in [3.8, 4) is 0 Å². The van der Waals surface area contributed by atoms with E-state index in [9.17, 15) is 14.9 Å². The zero-order valence-corrected chi connectivity index (χ0v) is 15.0. The fraction of sp³-hybridized carbons (Fsp3) is 0.250. The van der Waals surface area contributed by atoms with Crippen molar-refractivity contribution in [3.63, 3.8) is 0 Å². The zero-order valence-electron chi connectivity index (χ0n) is 11.8. The first kappa shape index (κ1) is 18.0. The number of aromatic nitrogens is 2. The number of nitro benzene ring substituents is 1. The summed E-state index contributed by atoms with van der Waals surface area (Å²) >= 11 is 10.0. The number of nitrogens with zero attached hydrogens (tertiary/aromatic N) is 3. The molecule has 1 N–H and O–H groups in total. The van der Waals surface area contributed by atoms with E-state index in [1.807, 2.05) is 6.92 Å². The van der Waals surface area contributed by atoms with Gasteiger partial charge < -0.3 is 5.32 Å². The number of carbonyl (C=O) groups is 1. The van der Waals surface area contributed by atoms with E-state index in [1.54, 1.807) is 11.8 Å². The minimum absolute atomic E-state index is 0.0765. The van der Waals surface area contributed by atoms with Crippen LogP contribution in [0, 0.1) is 10.1 Å². The molecule has 1 aromatic carbocycles. The van der Waals surface area contributed by atoms with Crippen molar-refractivity contribution in [2.45, 2.75) is 15.6 Å². The Morgan fingerprint density at radius 2 is 2.09 bits per heavy atom. The van der Waals surface area contributed by atoms with E-state index in [1.165, 1.54) is 41.3 Å². The van der Waals surface area contributed by atoms with Gasteiger partial charge in [-0.2, -0.15) is 0 Å². The van der Waals surface area contributed by atoms with Crippen molar-refractivity contribution in [2.75, 3.05) is 16.8 Å². The minimum Gasteiger partial charge on any atom is -0.320 e. The Bertz CT molecular complexity index is 725. The highest BCUT2D eigenvalue weighted by Gasteiger charge is 2.17. The van der Waals surface area contributed by atoms with Crippen LogP contribution in [0.3, 0.4) is 0 Å². The van der Waals surface area contributed by atoms with Gasteiger partial charge in [0.2, 0.25) is 5.91 Å². The molecule has 0 saturated carbocycles. The molecular formula is C12H11ClN4O3S3. The minimum atomic E-state index is -0.571.